The largest absolute Gasteiger partial charge is 0.507 e. The molecule has 18 heteroatoms. The third kappa shape index (κ3) is 15.2. The highest BCUT2D eigenvalue weighted by Crippen LogP contribution is 2.47. The average Bonchev–Trinajstić information content (AvgIpc) is 1.14. The zero-order chi connectivity index (χ0) is 78.7. The van der Waals surface area contributed by atoms with Gasteiger partial charge in [-0.1, -0.05) is 36.4 Å². The van der Waals surface area contributed by atoms with E-state index >= 15 is 0 Å². The van der Waals surface area contributed by atoms with E-state index < -0.39 is 0 Å². The van der Waals surface area contributed by atoms with E-state index in [1.54, 1.807) is 116 Å². The van der Waals surface area contributed by atoms with E-state index in [0.29, 0.717) is 146 Å². The first-order valence-electron chi connectivity index (χ1n) is 37.8. The topological polar surface area (TPSA) is 251 Å². The van der Waals surface area contributed by atoms with Gasteiger partial charge in [-0.3, -0.25) is 30.0 Å². The van der Waals surface area contributed by atoms with Crippen molar-refractivity contribution in [2.75, 3.05) is 81.9 Å². The summed E-state index contributed by atoms with van der Waals surface area (Å²) in [7, 11) is 9.88. The van der Waals surface area contributed by atoms with Crippen molar-refractivity contribution in [3.05, 3.63) is 282 Å². The van der Waals surface area contributed by atoms with E-state index in [2.05, 4.69) is 103 Å². The maximum absolute atomic E-state index is 11.8. The molecule has 114 heavy (non-hydrogen) atoms. The number of aliphatic imine (C=N–C) groups is 6. The molecule has 0 saturated heterocycles. The Hall–Kier alpha value is -13.7. The zero-order valence-corrected chi connectivity index (χ0v) is 64.1. The summed E-state index contributed by atoms with van der Waals surface area (Å²) in [5.41, 5.74) is 24.2. The quantitative estimate of drug-likeness (QED) is 0.0909. The molecule has 0 saturated carbocycles. The van der Waals surface area contributed by atoms with Gasteiger partial charge in [-0.25, -0.2) is 0 Å². The fourth-order valence-electron chi connectivity index (χ4n) is 15.8. The number of hydrogen-bond acceptors (Lipinski definition) is 18. The maximum Gasteiger partial charge on any atom is 0.126 e. The Morgan fingerprint density at radius 2 is 0.333 bits per heavy atom. The van der Waals surface area contributed by atoms with Gasteiger partial charge in [-0.05, 0) is 284 Å². The highest BCUT2D eigenvalue weighted by atomic mass is 16.5. The second-order valence-corrected chi connectivity index (χ2v) is 28.8. The molecule has 570 valence electrons. The van der Waals surface area contributed by atoms with Gasteiger partial charge in [0.2, 0.25) is 0 Å². The molecular weight excluding hydrogens is 1430 g/mol. The summed E-state index contributed by atoms with van der Waals surface area (Å²) in [6.45, 7) is 1.81. The molecule has 0 radical (unpaired) electrons. The standard InChI is InChI=1S/C96H84N6O12/c1-109-91-43-73-25-68-32-80-56-8-14-62(86(104)38-56)50-99-21-22-101-53-65-17-11-59(41-89(65)107)83-36-72-30-78-48-96(114-6)84-35-71(78)29-76-46-94(112-4)82(34-70(76)28-77(72)47-95(83)113-5)58-10-16-64(88(106)40-58)51-98-20-19-97-49-61-13-7-55(37-85(61)103)79(91)31-67(73)26-74-44-92(110-2)81(33-69(74)27-75(68)45-93(80)111-3)57-9-15-63(87(105)39-57)52-100-23-24-102-54-66-18-12-60(84)42-90(66)108/h7-18,31-54,103-108H,19-30H2,1-6H3. The van der Waals surface area contributed by atoms with Gasteiger partial charge in [0, 0.05) is 104 Å². The maximum atomic E-state index is 11.8. The molecule has 48 aliphatic heterocycles. The number of phenols is 6. The van der Waals surface area contributed by atoms with Crippen LogP contribution in [0, 0.1) is 0 Å². The molecule has 18 nitrogen and oxygen atoms in total. The van der Waals surface area contributed by atoms with Crippen LogP contribution < -0.4 is 28.4 Å². The Balaban J connectivity index is 0.856. The summed E-state index contributed by atoms with van der Waals surface area (Å²) < 4.78 is 37.5. The van der Waals surface area contributed by atoms with Crippen LogP contribution in [0.25, 0.3) is 66.8 Å². The van der Waals surface area contributed by atoms with Crippen molar-refractivity contribution in [1.82, 2.24) is 0 Å². The van der Waals surface area contributed by atoms with Crippen LogP contribution in [-0.4, -0.2) is 150 Å². The van der Waals surface area contributed by atoms with Crippen molar-refractivity contribution in [2.24, 2.45) is 30.0 Å². The molecule has 0 spiro atoms. The van der Waals surface area contributed by atoms with Crippen molar-refractivity contribution < 1.29 is 59.1 Å². The summed E-state index contributed by atoms with van der Waals surface area (Å²) in [5.74, 6) is 3.81. The lowest BCUT2D eigenvalue weighted by Gasteiger charge is -2.19. The molecule has 0 unspecified atom stereocenters. The van der Waals surface area contributed by atoms with Gasteiger partial charge >= 0.3 is 0 Å². The smallest absolute Gasteiger partial charge is 0.126 e. The summed E-state index contributed by atoms with van der Waals surface area (Å²) in [6.07, 6.45) is 12.8. The average molecular weight is 1510 g/mol. The third-order valence-corrected chi connectivity index (χ3v) is 21.9. The van der Waals surface area contributed by atoms with Gasteiger partial charge in [0.25, 0.3) is 0 Å². The molecule has 6 N–H and O–H groups in total. The molecule has 0 atom stereocenters. The molecule has 0 aromatic heterocycles. The predicted molar refractivity (Wildman–Crippen MR) is 452 cm³/mol. The number of aromatic hydroxyl groups is 6. The minimum Gasteiger partial charge on any atom is -0.507 e. The summed E-state index contributed by atoms with van der Waals surface area (Å²) in [4.78, 5) is 28.0. The van der Waals surface area contributed by atoms with Gasteiger partial charge in [0.1, 0.15) is 69.0 Å². The van der Waals surface area contributed by atoms with Gasteiger partial charge < -0.3 is 59.1 Å². The lowest BCUT2D eigenvalue weighted by molar-refractivity contribution is 0.415. The van der Waals surface area contributed by atoms with E-state index in [9.17, 15) is 30.6 Å². The van der Waals surface area contributed by atoms with Crippen molar-refractivity contribution >= 4 is 37.3 Å². The van der Waals surface area contributed by atoms with Crippen molar-refractivity contribution in [3.63, 3.8) is 0 Å². The fourth-order valence-corrected chi connectivity index (χ4v) is 15.8. The highest BCUT2D eigenvalue weighted by Gasteiger charge is 2.28. The van der Waals surface area contributed by atoms with Crippen LogP contribution in [0.15, 0.2) is 212 Å². The second-order valence-electron chi connectivity index (χ2n) is 28.8. The van der Waals surface area contributed by atoms with Crippen LogP contribution >= 0.6 is 0 Å². The Bertz CT molecular complexity index is 5070. The van der Waals surface area contributed by atoms with E-state index in [0.717, 1.165) is 134 Å². The first-order valence-corrected chi connectivity index (χ1v) is 37.8. The Kier molecular flexibility index (Phi) is 21.1. The number of phenolic OH excluding ortho intramolecular Hbond substituents is 6. The number of methoxy groups -OCH3 is 6. The Morgan fingerprint density at radius 3 is 0.465 bits per heavy atom. The first kappa shape index (κ1) is 74.4. The molecule has 48 heterocycles. The van der Waals surface area contributed by atoms with E-state index in [1.807, 2.05) is 72.8 Å². The number of nitrogens with zero attached hydrogens (tertiary/aromatic N) is 6. The van der Waals surface area contributed by atoms with Gasteiger partial charge in [-0.2, -0.15) is 0 Å². The SMILES string of the molecule is COc1cc2c3cc1-c1ccc(c(O)c1)C=NCCN=Cc1ccc(cc1O)-c1cc4c(cc1OC)Cc1cc5c(OC)cc1Cc1cc(c(OC)cc1C4)-c1ccc(c(O)c1)C=NCCN=Cc1ccc(cc1O)-c1cc(c(cc1OC)Cc1cc(c(OC)cc1C3)-c1ccc(c(O)c1)C=NCCN=Cc1ccc-5cc1O)C2. The van der Waals surface area contributed by atoms with Crippen LogP contribution in [0.4, 0.5) is 0 Å². The Labute approximate surface area is 661 Å². The molecule has 12 aromatic rings. The van der Waals surface area contributed by atoms with E-state index in [-0.39, 0.29) is 34.5 Å². The van der Waals surface area contributed by atoms with Crippen LogP contribution in [0.3, 0.4) is 0 Å². The van der Waals surface area contributed by atoms with Crippen LogP contribution in [0.5, 0.6) is 69.0 Å². The minimum atomic E-state index is 0.0284. The number of benzene rings is 12. The lowest BCUT2D eigenvalue weighted by atomic mass is 9.89. The number of hydrogen-bond donors (Lipinski definition) is 6. The summed E-state index contributed by atoms with van der Waals surface area (Å²) in [5, 5.41) is 70.6. The van der Waals surface area contributed by atoms with Crippen molar-refractivity contribution in [1.29, 1.82) is 0 Å². The molecule has 30 bridgehead atoms. The van der Waals surface area contributed by atoms with Crippen LogP contribution in [-0.2, 0) is 38.5 Å². The monoisotopic (exact) mass is 1510 g/mol. The second kappa shape index (κ2) is 32.3. The lowest BCUT2D eigenvalue weighted by Crippen LogP contribution is -2.02. The Morgan fingerprint density at radius 1 is 0.193 bits per heavy atom. The molecular formula is C96H84N6O12. The molecule has 62 rings (SSSR count). The summed E-state index contributed by atoms with van der Waals surface area (Å²) in [6, 6.07) is 58.4. The van der Waals surface area contributed by atoms with Crippen molar-refractivity contribution in [3.8, 4) is 136 Å². The van der Waals surface area contributed by atoms with Gasteiger partial charge in [0.15, 0.2) is 0 Å². The van der Waals surface area contributed by atoms with E-state index in [1.165, 1.54) is 0 Å². The number of ether oxygens (including phenoxy) is 6. The minimum absolute atomic E-state index is 0.0284. The normalized spacial score (nSPS) is 13.6. The molecule has 50 aliphatic rings. The molecule has 0 fully saturated rings. The van der Waals surface area contributed by atoms with E-state index in [4.69, 9.17) is 28.4 Å². The molecule has 2 aliphatic carbocycles. The van der Waals surface area contributed by atoms with Gasteiger partial charge in [0.05, 0.1) is 81.9 Å². The van der Waals surface area contributed by atoms with Gasteiger partial charge in [-0.15, -0.1) is 0 Å². The molecule has 0 amide bonds. The van der Waals surface area contributed by atoms with Crippen molar-refractivity contribution in [2.45, 2.75) is 38.5 Å². The third-order valence-electron chi connectivity index (χ3n) is 21.9. The van der Waals surface area contributed by atoms with Crippen LogP contribution in [0.2, 0.25) is 0 Å². The fraction of sp³-hybridized carbons (Fsp3) is 0.188. The predicted octanol–water partition coefficient (Wildman–Crippen LogP) is 17.4. The first-order chi connectivity index (χ1) is 55.6. The number of rotatable bonds is 6. The molecule has 12 aromatic carbocycles. The van der Waals surface area contributed by atoms with Crippen LogP contribution in [0.1, 0.15) is 100 Å². The zero-order valence-electron chi connectivity index (χ0n) is 64.1. The highest BCUT2D eigenvalue weighted by molar-refractivity contribution is 5.92. The summed E-state index contributed by atoms with van der Waals surface area (Å²) >= 11 is 0.